The minimum atomic E-state index is 0.192. The summed E-state index contributed by atoms with van der Waals surface area (Å²) in [5.41, 5.74) is 2.51. The van der Waals surface area contributed by atoms with Crippen LogP contribution in [0.5, 0.6) is 0 Å². The van der Waals surface area contributed by atoms with Crippen LogP contribution in [0.1, 0.15) is 37.0 Å². The number of nitrogens with zero attached hydrogens (tertiary/aromatic N) is 2. The van der Waals surface area contributed by atoms with Crippen LogP contribution in [0.15, 0.2) is 40.8 Å². The van der Waals surface area contributed by atoms with Gasteiger partial charge in [-0.1, -0.05) is 24.3 Å². The number of benzene rings is 1. The van der Waals surface area contributed by atoms with E-state index in [1.54, 1.807) is 0 Å². The van der Waals surface area contributed by atoms with Crippen molar-refractivity contribution in [2.45, 2.75) is 39.2 Å². The van der Waals surface area contributed by atoms with Crippen molar-refractivity contribution in [2.24, 2.45) is 5.92 Å². The van der Waals surface area contributed by atoms with E-state index in [9.17, 15) is 4.79 Å². The average Bonchev–Trinajstić information content (AvgIpc) is 3.14. The van der Waals surface area contributed by atoms with Gasteiger partial charge in [0.1, 0.15) is 11.5 Å². The first kappa shape index (κ1) is 21.6. The molecule has 1 N–H and O–H groups in total. The van der Waals surface area contributed by atoms with Crippen LogP contribution in [0.4, 0.5) is 0 Å². The molecule has 0 spiro atoms. The van der Waals surface area contributed by atoms with Crippen LogP contribution in [0.25, 0.3) is 11.3 Å². The molecule has 1 aliphatic rings. The Morgan fingerprint density at radius 2 is 1.93 bits per heavy atom. The van der Waals surface area contributed by atoms with Gasteiger partial charge in [-0.25, -0.2) is 0 Å². The number of amides is 1. The summed E-state index contributed by atoms with van der Waals surface area (Å²) in [7, 11) is 4.04. The SMILES string of the molecule is Cc1ccc(-c2ccccc2CN2CCC(CCC(=O)NCCN(C)C)CC2)o1. The topological polar surface area (TPSA) is 48.7 Å². The molecule has 1 amide bonds. The fourth-order valence-corrected chi connectivity index (χ4v) is 3.99. The van der Waals surface area contributed by atoms with E-state index >= 15 is 0 Å². The first-order valence-electron chi connectivity index (χ1n) is 10.8. The molecule has 0 unspecified atom stereocenters. The zero-order chi connectivity index (χ0) is 20.6. The molecule has 1 saturated heterocycles. The number of nitrogens with one attached hydrogen (secondary N) is 1. The highest BCUT2D eigenvalue weighted by molar-refractivity contribution is 5.75. The molecular weight excluding hydrogens is 362 g/mol. The highest BCUT2D eigenvalue weighted by atomic mass is 16.3. The molecule has 2 heterocycles. The Morgan fingerprint density at radius 1 is 1.17 bits per heavy atom. The molecule has 0 radical (unpaired) electrons. The number of hydrogen-bond acceptors (Lipinski definition) is 4. The molecule has 0 aliphatic carbocycles. The number of rotatable bonds is 9. The molecule has 1 aromatic heterocycles. The zero-order valence-electron chi connectivity index (χ0n) is 18.1. The van der Waals surface area contributed by atoms with Crippen molar-refractivity contribution in [2.75, 3.05) is 40.3 Å². The lowest BCUT2D eigenvalue weighted by Crippen LogP contribution is -2.34. The predicted molar refractivity (Wildman–Crippen MR) is 118 cm³/mol. The predicted octanol–water partition coefficient (Wildman–Crippen LogP) is 3.93. The largest absolute Gasteiger partial charge is 0.461 e. The van der Waals surface area contributed by atoms with Crippen LogP contribution < -0.4 is 5.32 Å². The lowest BCUT2D eigenvalue weighted by molar-refractivity contribution is -0.121. The van der Waals surface area contributed by atoms with Gasteiger partial charge in [-0.3, -0.25) is 9.69 Å². The minimum Gasteiger partial charge on any atom is -0.461 e. The molecule has 3 rings (SSSR count). The van der Waals surface area contributed by atoms with Crippen LogP contribution in [0, 0.1) is 12.8 Å². The van der Waals surface area contributed by atoms with Gasteiger partial charge in [0.15, 0.2) is 0 Å². The Labute approximate surface area is 175 Å². The first-order chi connectivity index (χ1) is 14.0. The van der Waals surface area contributed by atoms with E-state index in [0.29, 0.717) is 12.3 Å². The molecule has 29 heavy (non-hydrogen) atoms. The average molecular weight is 398 g/mol. The van der Waals surface area contributed by atoms with Crippen molar-refractivity contribution in [3.8, 4) is 11.3 Å². The number of carbonyl (C=O) groups excluding carboxylic acids is 1. The van der Waals surface area contributed by atoms with Crippen molar-refractivity contribution < 1.29 is 9.21 Å². The quantitative estimate of drug-likeness (QED) is 0.697. The molecule has 0 atom stereocenters. The number of furan rings is 1. The van der Waals surface area contributed by atoms with Crippen LogP contribution in [-0.2, 0) is 11.3 Å². The normalized spacial score (nSPS) is 15.7. The van der Waals surface area contributed by atoms with Crippen LogP contribution in [0.2, 0.25) is 0 Å². The number of carbonyl (C=O) groups is 1. The Kier molecular flexibility index (Phi) is 7.90. The Hall–Kier alpha value is -2.11. The Balaban J connectivity index is 1.43. The fraction of sp³-hybridized carbons (Fsp3) is 0.542. The summed E-state index contributed by atoms with van der Waals surface area (Å²) < 4.78 is 5.85. The second-order valence-corrected chi connectivity index (χ2v) is 8.48. The smallest absolute Gasteiger partial charge is 0.220 e. The fourth-order valence-electron chi connectivity index (χ4n) is 3.99. The van der Waals surface area contributed by atoms with E-state index in [2.05, 4.69) is 45.4 Å². The number of hydrogen-bond donors (Lipinski definition) is 1. The van der Waals surface area contributed by atoms with E-state index in [1.165, 1.54) is 24.0 Å². The van der Waals surface area contributed by atoms with Gasteiger partial charge in [-0.15, -0.1) is 0 Å². The molecule has 1 aliphatic heterocycles. The van der Waals surface area contributed by atoms with E-state index < -0.39 is 0 Å². The van der Waals surface area contributed by atoms with Gasteiger partial charge in [0, 0.05) is 31.6 Å². The summed E-state index contributed by atoms with van der Waals surface area (Å²) in [6.45, 7) is 6.76. The molecule has 158 valence electrons. The minimum absolute atomic E-state index is 0.192. The van der Waals surface area contributed by atoms with Crippen LogP contribution >= 0.6 is 0 Å². The highest BCUT2D eigenvalue weighted by Gasteiger charge is 2.21. The van der Waals surface area contributed by atoms with Crippen molar-refractivity contribution in [3.05, 3.63) is 47.7 Å². The van der Waals surface area contributed by atoms with E-state index in [1.807, 2.05) is 27.1 Å². The van der Waals surface area contributed by atoms with Gasteiger partial charge in [-0.05, 0) is 77.0 Å². The van der Waals surface area contributed by atoms with Gasteiger partial charge in [0.05, 0.1) is 0 Å². The molecule has 1 aromatic carbocycles. The lowest BCUT2D eigenvalue weighted by Gasteiger charge is -2.32. The van der Waals surface area contributed by atoms with Gasteiger partial charge >= 0.3 is 0 Å². The van der Waals surface area contributed by atoms with Crippen molar-refractivity contribution in [3.63, 3.8) is 0 Å². The van der Waals surface area contributed by atoms with Crippen LogP contribution in [0.3, 0.4) is 0 Å². The number of likely N-dealkylation sites (N-methyl/N-ethyl adjacent to an activating group) is 1. The van der Waals surface area contributed by atoms with E-state index in [-0.39, 0.29) is 5.91 Å². The summed E-state index contributed by atoms with van der Waals surface area (Å²) in [6.07, 6.45) is 4.00. The monoisotopic (exact) mass is 397 g/mol. The van der Waals surface area contributed by atoms with Gasteiger partial charge in [-0.2, -0.15) is 0 Å². The van der Waals surface area contributed by atoms with Gasteiger partial charge in [0.2, 0.25) is 5.91 Å². The van der Waals surface area contributed by atoms with Crippen molar-refractivity contribution in [1.29, 1.82) is 0 Å². The van der Waals surface area contributed by atoms with E-state index in [0.717, 1.165) is 50.7 Å². The van der Waals surface area contributed by atoms with Gasteiger partial charge < -0.3 is 14.6 Å². The van der Waals surface area contributed by atoms with E-state index in [4.69, 9.17) is 4.42 Å². The third-order valence-electron chi connectivity index (χ3n) is 5.79. The summed E-state index contributed by atoms with van der Waals surface area (Å²) in [5, 5.41) is 3.02. The summed E-state index contributed by atoms with van der Waals surface area (Å²) >= 11 is 0. The maximum atomic E-state index is 12.0. The number of piperidine rings is 1. The summed E-state index contributed by atoms with van der Waals surface area (Å²) in [4.78, 5) is 16.6. The lowest BCUT2D eigenvalue weighted by atomic mass is 9.91. The maximum absolute atomic E-state index is 12.0. The third-order valence-corrected chi connectivity index (χ3v) is 5.79. The van der Waals surface area contributed by atoms with Crippen LogP contribution in [-0.4, -0.2) is 56.0 Å². The molecule has 5 nitrogen and oxygen atoms in total. The van der Waals surface area contributed by atoms with Crippen molar-refractivity contribution in [1.82, 2.24) is 15.1 Å². The second kappa shape index (κ2) is 10.6. The zero-order valence-corrected chi connectivity index (χ0v) is 18.1. The molecule has 2 aromatic rings. The Morgan fingerprint density at radius 3 is 2.62 bits per heavy atom. The second-order valence-electron chi connectivity index (χ2n) is 8.48. The maximum Gasteiger partial charge on any atom is 0.220 e. The number of likely N-dealkylation sites (tertiary alicyclic amines) is 1. The summed E-state index contributed by atoms with van der Waals surface area (Å²) in [6, 6.07) is 12.6. The molecule has 1 fully saturated rings. The van der Waals surface area contributed by atoms with Crippen molar-refractivity contribution >= 4 is 5.91 Å². The highest BCUT2D eigenvalue weighted by Crippen LogP contribution is 2.28. The third kappa shape index (κ3) is 6.72. The first-order valence-corrected chi connectivity index (χ1v) is 10.8. The molecular formula is C24H35N3O2. The van der Waals surface area contributed by atoms with Gasteiger partial charge in [0.25, 0.3) is 0 Å². The Bertz CT molecular complexity index is 776. The standard InChI is InChI=1S/C24H35N3O2/c1-19-8-10-23(29-19)22-7-5-4-6-21(22)18-27-15-12-20(13-16-27)9-11-24(28)25-14-17-26(2)3/h4-8,10,20H,9,11-18H2,1-3H3,(H,25,28). The summed E-state index contributed by atoms with van der Waals surface area (Å²) in [5.74, 6) is 2.75. The number of aryl methyl sites for hydroxylation is 1. The molecule has 0 saturated carbocycles. The molecule has 5 heteroatoms. The molecule has 0 bridgehead atoms.